The normalized spacial score (nSPS) is 17.0. The number of hydrogen-bond donors (Lipinski definition) is 2. The van der Waals surface area contributed by atoms with E-state index in [1.807, 2.05) is 0 Å². The van der Waals surface area contributed by atoms with E-state index in [4.69, 9.17) is 0 Å². The minimum absolute atomic E-state index is 0.134. The summed E-state index contributed by atoms with van der Waals surface area (Å²) in [5.74, 6) is 0.185. The zero-order valence-corrected chi connectivity index (χ0v) is 16.0. The van der Waals surface area contributed by atoms with Crippen molar-refractivity contribution in [2.24, 2.45) is 4.99 Å². The number of piperidine rings is 1. The van der Waals surface area contributed by atoms with Crippen molar-refractivity contribution in [1.82, 2.24) is 14.9 Å². The van der Waals surface area contributed by atoms with Gasteiger partial charge in [0.1, 0.15) is 0 Å². The van der Waals surface area contributed by atoms with Crippen LogP contribution in [0.2, 0.25) is 0 Å². The van der Waals surface area contributed by atoms with Crippen LogP contribution in [0.15, 0.2) is 34.2 Å². The number of halogens is 3. The molecule has 1 aliphatic rings. The number of nitrogens with zero attached hydrogens (tertiary/aromatic N) is 2. The summed E-state index contributed by atoms with van der Waals surface area (Å²) in [7, 11) is -2.16. The van der Waals surface area contributed by atoms with E-state index in [0.717, 1.165) is 19.3 Å². The van der Waals surface area contributed by atoms with Crippen LogP contribution in [-0.2, 0) is 16.6 Å². The molecule has 1 aromatic rings. The first-order chi connectivity index (χ1) is 12.7. The highest BCUT2D eigenvalue weighted by molar-refractivity contribution is 7.89. The summed E-state index contributed by atoms with van der Waals surface area (Å²) in [6, 6.07) is 6.64. The molecule has 0 atom stereocenters. The Bertz CT molecular complexity index is 745. The third-order valence-corrected chi connectivity index (χ3v) is 6.28. The Morgan fingerprint density at radius 3 is 2.44 bits per heavy atom. The van der Waals surface area contributed by atoms with Gasteiger partial charge in [0.2, 0.25) is 10.0 Å². The van der Waals surface area contributed by atoms with Gasteiger partial charge in [-0.15, -0.1) is 0 Å². The Balaban J connectivity index is 2.05. The fourth-order valence-electron chi connectivity index (χ4n) is 2.87. The molecule has 2 rings (SSSR count). The average molecular weight is 406 g/mol. The molecule has 0 bridgehead atoms. The SMILES string of the molecule is CN=C(NCCC(F)(F)F)NCc1ccccc1S(=O)(=O)N1CCCCC1. The highest BCUT2D eigenvalue weighted by Gasteiger charge is 2.28. The van der Waals surface area contributed by atoms with Gasteiger partial charge in [-0.1, -0.05) is 24.6 Å². The van der Waals surface area contributed by atoms with Gasteiger partial charge in [-0.05, 0) is 24.5 Å². The average Bonchev–Trinajstić information content (AvgIpc) is 2.64. The van der Waals surface area contributed by atoms with Gasteiger partial charge in [-0.3, -0.25) is 4.99 Å². The molecule has 0 aliphatic carbocycles. The minimum Gasteiger partial charge on any atom is -0.356 e. The summed E-state index contributed by atoms with van der Waals surface area (Å²) in [4.78, 5) is 4.08. The Labute approximate surface area is 157 Å². The van der Waals surface area contributed by atoms with Gasteiger partial charge in [0, 0.05) is 33.2 Å². The predicted molar refractivity (Wildman–Crippen MR) is 97.9 cm³/mol. The van der Waals surface area contributed by atoms with Crippen LogP contribution in [0.25, 0.3) is 0 Å². The first-order valence-electron chi connectivity index (χ1n) is 8.83. The number of rotatable bonds is 6. The van der Waals surface area contributed by atoms with Crippen LogP contribution in [0, 0.1) is 0 Å². The third-order valence-electron chi connectivity index (χ3n) is 4.28. The van der Waals surface area contributed by atoms with Crippen LogP contribution in [-0.4, -0.2) is 51.5 Å². The molecule has 6 nitrogen and oxygen atoms in total. The van der Waals surface area contributed by atoms with E-state index in [-0.39, 0.29) is 23.9 Å². The second kappa shape index (κ2) is 9.41. The number of guanidine groups is 1. The summed E-state index contributed by atoms with van der Waals surface area (Å²) in [6.07, 6.45) is -2.52. The van der Waals surface area contributed by atoms with Gasteiger partial charge in [-0.2, -0.15) is 17.5 Å². The maximum Gasteiger partial charge on any atom is 0.390 e. The molecule has 0 radical (unpaired) electrons. The van der Waals surface area contributed by atoms with Crippen molar-refractivity contribution in [3.63, 3.8) is 0 Å². The molecule has 0 unspecified atom stereocenters. The van der Waals surface area contributed by atoms with Crippen LogP contribution >= 0.6 is 0 Å². The molecule has 1 saturated heterocycles. The topological polar surface area (TPSA) is 73.8 Å². The van der Waals surface area contributed by atoms with Gasteiger partial charge in [0.05, 0.1) is 11.3 Å². The van der Waals surface area contributed by atoms with Crippen molar-refractivity contribution < 1.29 is 21.6 Å². The molecule has 1 aromatic carbocycles. The number of nitrogens with one attached hydrogen (secondary N) is 2. The summed E-state index contributed by atoms with van der Waals surface area (Å²) in [6.45, 7) is 0.835. The van der Waals surface area contributed by atoms with Crippen molar-refractivity contribution >= 4 is 16.0 Å². The number of hydrogen-bond acceptors (Lipinski definition) is 3. The second-order valence-electron chi connectivity index (χ2n) is 6.29. The molecule has 1 heterocycles. The van der Waals surface area contributed by atoms with Gasteiger partial charge in [0.15, 0.2) is 5.96 Å². The van der Waals surface area contributed by atoms with Gasteiger partial charge in [0.25, 0.3) is 0 Å². The molecule has 152 valence electrons. The molecule has 0 saturated carbocycles. The number of benzene rings is 1. The second-order valence-corrected chi connectivity index (χ2v) is 8.20. The lowest BCUT2D eigenvalue weighted by atomic mass is 10.2. The zero-order valence-electron chi connectivity index (χ0n) is 15.2. The lowest BCUT2D eigenvalue weighted by Crippen LogP contribution is -2.39. The highest BCUT2D eigenvalue weighted by atomic mass is 32.2. The van der Waals surface area contributed by atoms with Gasteiger partial charge < -0.3 is 10.6 Å². The quantitative estimate of drug-likeness (QED) is 0.562. The predicted octanol–water partition coefficient (Wildman–Crippen LogP) is 2.48. The standard InChI is InChI=1S/C17H25F3N4O2S/c1-21-16(22-10-9-17(18,19)20)23-13-14-7-3-4-8-15(14)27(25,26)24-11-5-2-6-12-24/h3-4,7-8H,2,5-6,9-13H2,1H3,(H2,21,22,23). The number of sulfonamides is 1. The third kappa shape index (κ3) is 6.39. The summed E-state index contributed by atoms with van der Waals surface area (Å²) in [5.41, 5.74) is 0.543. The molecule has 2 N–H and O–H groups in total. The maximum atomic E-state index is 12.9. The lowest BCUT2D eigenvalue weighted by molar-refractivity contribution is -0.132. The van der Waals surface area contributed by atoms with Crippen molar-refractivity contribution in [2.45, 2.75) is 43.3 Å². The Morgan fingerprint density at radius 1 is 1.15 bits per heavy atom. The fraction of sp³-hybridized carbons (Fsp3) is 0.588. The van der Waals surface area contributed by atoms with Crippen LogP contribution < -0.4 is 10.6 Å². The largest absolute Gasteiger partial charge is 0.390 e. The van der Waals surface area contributed by atoms with Crippen LogP contribution in [0.3, 0.4) is 0 Å². The van der Waals surface area contributed by atoms with E-state index in [9.17, 15) is 21.6 Å². The Kier molecular flexibility index (Phi) is 7.49. The van der Waals surface area contributed by atoms with Crippen LogP contribution in [0.1, 0.15) is 31.2 Å². The lowest BCUT2D eigenvalue weighted by Gasteiger charge is -2.27. The van der Waals surface area contributed by atoms with E-state index in [0.29, 0.717) is 18.7 Å². The van der Waals surface area contributed by atoms with Crippen molar-refractivity contribution in [3.05, 3.63) is 29.8 Å². The van der Waals surface area contributed by atoms with Gasteiger partial charge in [-0.25, -0.2) is 8.42 Å². The Morgan fingerprint density at radius 2 is 1.81 bits per heavy atom. The van der Waals surface area contributed by atoms with E-state index < -0.39 is 22.6 Å². The van der Waals surface area contributed by atoms with Crippen molar-refractivity contribution in [3.8, 4) is 0 Å². The monoisotopic (exact) mass is 406 g/mol. The summed E-state index contributed by atoms with van der Waals surface area (Å²) >= 11 is 0. The summed E-state index contributed by atoms with van der Waals surface area (Å²) in [5, 5.41) is 5.45. The summed E-state index contributed by atoms with van der Waals surface area (Å²) < 4.78 is 64.1. The zero-order chi connectivity index (χ0) is 19.9. The first kappa shape index (κ1) is 21.5. The first-order valence-corrected chi connectivity index (χ1v) is 10.3. The molecule has 0 amide bonds. The molecule has 0 aromatic heterocycles. The molecule has 1 fully saturated rings. The molecule has 27 heavy (non-hydrogen) atoms. The van der Waals surface area contributed by atoms with Crippen LogP contribution in [0.5, 0.6) is 0 Å². The fourth-order valence-corrected chi connectivity index (χ4v) is 4.61. The number of alkyl halides is 3. The smallest absolute Gasteiger partial charge is 0.356 e. The minimum atomic E-state index is -4.25. The molecule has 1 aliphatic heterocycles. The molecule has 0 spiro atoms. The molecular weight excluding hydrogens is 381 g/mol. The van der Waals surface area contributed by atoms with Crippen molar-refractivity contribution in [1.29, 1.82) is 0 Å². The van der Waals surface area contributed by atoms with Crippen LogP contribution in [0.4, 0.5) is 13.2 Å². The number of aliphatic imine (C=N–C) groups is 1. The molecular formula is C17H25F3N4O2S. The molecule has 10 heteroatoms. The van der Waals surface area contributed by atoms with Crippen molar-refractivity contribution in [2.75, 3.05) is 26.7 Å². The Hall–Kier alpha value is -1.81. The van der Waals surface area contributed by atoms with Gasteiger partial charge >= 0.3 is 6.18 Å². The maximum absolute atomic E-state index is 12.9. The van der Waals surface area contributed by atoms with E-state index in [1.165, 1.54) is 11.4 Å². The van der Waals surface area contributed by atoms with E-state index in [2.05, 4.69) is 15.6 Å². The highest BCUT2D eigenvalue weighted by Crippen LogP contribution is 2.23. The van der Waals surface area contributed by atoms with E-state index in [1.54, 1.807) is 24.3 Å². The van der Waals surface area contributed by atoms with E-state index >= 15 is 0 Å².